The van der Waals surface area contributed by atoms with Crippen LogP contribution in [0.1, 0.15) is 44.6 Å². The monoisotopic (exact) mass is 342 g/mol. The molecular formula is C17H21F3N2O2. The van der Waals surface area contributed by atoms with E-state index in [0.717, 1.165) is 44.2 Å². The summed E-state index contributed by atoms with van der Waals surface area (Å²) in [7, 11) is 0. The number of nitrogens with one attached hydrogen (secondary N) is 1. The van der Waals surface area contributed by atoms with Gasteiger partial charge in [-0.05, 0) is 37.1 Å². The molecule has 0 unspecified atom stereocenters. The van der Waals surface area contributed by atoms with Gasteiger partial charge >= 0.3 is 6.18 Å². The van der Waals surface area contributed by atoms with Crippen molar-refractivity contribution in [2.45, 2.75) is 51.2 Å². The van der Waals surface area contributed by atoms with E-state index in [1.54, 1.807) is 4.90 Å². The van der Waals surface area contributed by atoms with E-state index >= 15 is 0 Å². The van der Waals surface area contributed by atoms with Gasteiger partial charge in [-0.2, -0.15) is 13.2 Å². The van der Waals surface area contributed by atoms with Crippen LogP contribution in [-0.4, -0.2) is 29.3 Å². The molecule has 24 heavy (non-hydrogen) atoms. The molecule has 1 aliphatic rings. The van der Waals surface area contributed by atoms with Gasteiger partial charge in [0.25, 0.3) is 0 Å². The molecule has 132 valence electrons. The second-order valence-electron chi connectivity index (χ2n) is 6.06. The van der Waals surface area contributed by atoms with Crippen LogP contribution in [0.25, 0.3) is 0 Å². The molecule has 0 aliphatic heterocycles. The highest BCUT2D eigenvalue weighted by molar-refractivity contribution is 5.94. The molecule has 2 rings (SSSR count). The Morgan fingerprint density at radius 2 is 1.71 bits per heavy atom. The van der Waals surface area contributed by atoms with E-state index in [0.29, 0.717) is 0 Å². The Bertz CT molecular complexity index is 578. The van der Waals surface area contributed by atoms with Gasteiger partial charge in [0.05, 0.1) is 5.56 Å². The number of hydrogen-bond donors (Lipinski definition) is 1. The minimum absolute atomic E-state index is 0.0644. The topological polar surface area (TPSA) is 49.4 Å². The highest BCUT2D eigenvalue weighted by atomic mass is 19.4. The number of anilines is 1. The first-order valence-corrected chi connectivity index (χ1v) is 8.01. The molecule has 0 radical (unpaired) electrons. The van der Waals surface area contributed by atoms with Crippen LogP contribution < -0.4 is 5.32 Å². The van der Waals surface area contributed by atoms with E-state index in [-0.39, 0.29) is 24.2 Å². The van der Waals surface area contributed by atoms with E-state index in [1.807, 2.05) is 0 Å². The molecule has 1 aliphatic carbocycles. The largest absolute Gasteiger partial charge is 0.416 e. The molecule has 0 atom stereocenters. The van der Waals surface area contributed by atoms with Gasteiger partial charge in [-0.3, -0.25) is 9.59 Å². The zero-order valence-corrected chi connectivity index (χ0v) is 13.5. The van der Waals surface area contributed by atoms with Crippen LogP contribution in [0.4, 0.5) is 18.9 Å². The van der Waals surface area contributed by atoms with Gasteiger partial charge in [0.2, 0.25) is 11.8 Å². The maximum absolute atomic E-state index is 12.5. The van der Waals surface area contributed by atoms with Crippen molar-refractivity contribution < 1.29 is 22.8 Å². The quantitative estimate of drug-likeness (QED) is 0.904. The number of carbonyl (C=O) groups excluding carboxylic acids is 2. The number of carbonyl (C=O) groups is 2. The van der Waals surface area contributed by atoms with E-state index in [4.69, 9.17) is 0 Å². The highest BCUT2D eigenvalue weighted by Crippen LogP contribution is 2.29. The number of rotatable bonds is 4. The summed E-state index contributed by atoms with van der Waals surface area (Å²) < 4.78 is 37.6. The third kappa shape index (κ3) is 4.97. The number of nitrogens with zero attached hydrogens (tertiary/aromatic N) is 1. The van der Waals surface area contributed by atoms with Crippen molar-refractivity contribution in [3.8, 4) is 0 Å². The Morgan fingerprint density at radius 3 is 2.21 bits per heavy atom. The molecule has 2 amide bonds. The molecule has 1 N–H and O–H groups in total. The molecule has 1 fully saturated rings. The molecule has 1 aromatic carbocycles. The van der Waals surface area contributed by atoms with Crippen LogP contribution in [0, 0.1) is 0 Å². The molecule has 1 saturated carbocycles. The summed E-state index contributed by atoms with van der Waals surface area (Å²) in [5, 5.41) is 2.54. The summed E-state index contributed by atoms with van der Waals surface area (Å²) in [6.45, 7) is 1.35. The standard InChI is InChI=1S/C17H21F3N2O2/c1-12(23)22(15-5-3-2-4-6-15)11-16(24)21-14-9-7-13(8-10-14)17(18,19)20/h7-10,15H,2-6,11H2,1H3,(H,21,24). The summed E-state index contributed by atoms with van der Waals surface area (Å²) in [6.07, 6.45) is 0.569. The van der Waals surface area contributed by atoms with Crippen molar-refractivity contribution in [2.75, 3.05) is 11.9 Å². The Balaban J connectivity index is 1.96. The summed E-state index contributed by atoms with van der Waals surface area (Å²) >= 11 is 0. The minimum Gasteiger partial charge on any atom is -0.331 e. The lowest BCUT2D eigenvalue weighted by Crippen LogP contribution is -2.44. The summed E-state index contributed by atoms with van der Waals surface area (Å²) in [4.78, 5) is 25.5. The fourth-order valence-corrected chi connectivity index (χ4v) is 2.99. The van der Waals surface area contributed by atoms with Gasteiger partial charge in [0.15, 0.2) is 0 Å². The van der Waals surface area contributed by atoms with Gasteiger partial charge < -0.3 is 10.2 Å². The summed E-state index contributed by atoms with van der Waals surface area (Å²) in [6, 6.07) is 4.31. The van der Waals surface area contributed by atoms with Crippen molar-refractivity contribution in [2.24, 2.45) is 0 Å². The van der Waals surface area contributed by atoms with Crippen LogP contribution >= 0.6 is 0 Å². The SMILES string of the molecule is CC(=O)N(CC(=O)Nc1ccc(C(F)(F)F)cc1)C1CCCCC1. The predicted molar refractivity (Wildman–Crippen MR) is 84.3 cm³/mol. The first kappa shape index (κ1) is 18.3. The molecule has 0 aromatic heterocycles. The number of amides is 2. The molecule has 0 saturated heterocycles. The third-order valence-electron chi connectivity index (χ3n) is 4.23. The first-order valence-electron chi connectivity index (χ1n) is 8.01. The Kier molecular flexibility index (Phi) is 5.85. The third-order valence-corrected chi connectivity index (χ3v) is 4.23. The van der Waals surface area contributed by atoms with Crippen molar-refractivity contribution in [3.63, 3.8) is 0 Å². The second kappa shape index (κ2) is 7.68. The van der Waals surface area contributed by atoms with Crippen molar-refractivity contribution in [1.82, 2.24) is 4.90 Å². The Labute approximate surface area is 139 Å². The summed E-state index contributed by atoms with van der Waals surface area (Å²) in [5.74, 6) is -0.569. The number of benzene rings is 1. The van der Waals surface area contributed by atoms with Crippen molar-refractivity contribution in [3.05, 3.63) is 29.8 Å². The zero-order chi connectivity index (χ0) is 17.7. The lowest BCUT2D eigenvalue weighted by molar-refractivity contribution is -0.137. The molecule has 4 nitrogen and oxygen atoms in total. The highest BCUT2D eigenvalue weighted by Gasteiger charge is 2.30. The van der Waals surface area contributed by atoms with Crippen molar-refractivity contribution >= 4 is 17.5 Å². The van der Waals surface area contributed by atoms with Gasteiger partial charge in [0.1, 0.15) is 6.54 Å². The summed E-state index contributed by atoms with van der Waals surface area (Å²) in [5.41, 5.74) is -0.492. The van der Waals surface area contributed by atoms with E-state index < -0.39 is 17.6 Å². The average Bonchev–Trinajstić information content (AvgIpc) is 2.53. The Hall–Kier alpha value is -2.05. The predicted octanol–water partition coefficient (Wildman–Crippen LogP) is 3.83. The normalized spacial score (nSPS) is 15.8. The zero-order valence-electron chi connectivity index (χ0n) is 13.5. The molecule has 7 heteroatoms. The fraction of sp³-hybridized carbons (Fsp3) is 0.529. The van der Waals surface area contributed by atoms with E-state index in [9.17, 15) is 22.8 Å². The van der Waals surface area contributed by atoms with E-state index in [1.165, 1.54) is 19.1 Å². The number of alkyl halides is 3. The fourth-order valence-electron chi connectivity index (χ4n) is 2.99. The van der Waals surface area contributed by atoms with E-state index in [2.05, 4.69) is 5.32 Å². The van der Waals surface area contributed by atoms with Gasteiger partial charge in [0, 0.05) is 18.7 Å². The van der Waals surface area contributed by atoms with Crippen LogP contribution in [0.3, 0.4) is 0 Å². The lowest BCUT2D eigenvalue weighted by atomic mass is 9.94. The lowest BCUT2D eigenvalue weighted by Gasteiger charge is -2.33. The van der Waals surface area contributed by atoms with Crippen LogP contribution in [0.2, 0.25) is 0 Å². The molecule has 0 spiro atoms. The molecule has 0 bridgehead atoms. The maximum atomic E-state index is 12.5. The Morgan fingerprint density at radius 1 is 1.12 bits per heavy atom. The number of hydrogen-bond acceptors (Lipinski definition) is 2. The van der Waals surface area contributed by atoms with Crippen LogP contribution in [0.15, 0.2) is 24.3 Å². The smallest absolute Gasteiger partial charge is 0.331 e. The van der Waals surface area contributed by atoms with Gasteiger partial charge in [-0.15, -0.1) is 0 Å². The minimum atomic E-state index is -4.41. The van der Waals surface area contributed by atoms with Gasteiger partial charge in [-0.1, -0.05) is 19.3 Å². The maximum Gasteiger partial charge on any atom is 0.416 e. The molecule has 0 heterocycles. The number of halogens is 3. The van der Waals surface area contributed by atoms with Crippen LogP contribution in [-0.2, 0) is 15.8 Å². The average molecular weight is 342 g/mol. The first-order chi connectivity index (χ1) is 11.3. The second-order valence-corrected chi connectivity index (χ2v) is 6.06. The van der Waals surface area contributed by atoms with Gasteiger partial charge in [-0.25, -0.2) is 0 Å². The molecular weight excluding hydrogens is 321 g/mol. The van der Waals surface area contributed by atoms with Crippen LogP contribution in [0.5, 0.6) is 0 Å². The van der Waals surface area contributed by atoms with Crippen molar-refractivity contribution in [1.29, 1.82) is 0 Å². The molecule has 1 aromatic rings.